The summed E-state index contributed by atoms with van der Waals surface area (Å²) in [4.78, 5) is 14.9. The molecule has 1 heterocycles. The number of nitrogens with zero attached hydrogens (tertiary/aromatic N) is 3. The standard InChI is InChI=1S/C18H20FN3O3/c19-15-7-5-14(6-8-15)18(23)13-20-9-11-21(12-10-20)16-3-1-2-4-17(16)22(24)25/h1-8,18,23H,9-13H2/t18-/m1/s1. The van der Waals surface area contributed by atoms with Crippen molar-refractivity contribution in [2.45, 2.75) is 6.10 Å². The highest BCUT2D eigenvalue weighted by atomic mass is 19.1. The molecular weight excluding hydrogens is 325 g/mol. The first-order chi connectivity index (χ1) is 12.0. The molecule has 0 amide bonds. The van der Waals surface area contributed by atoms with Crippen LogP contribution >= 0.6 is 0 Å². The topological polar surface area (TPSA) is 69.9 Å². The number of nitro groups is 1. The van der Waals surface area contributed by atoms with Crippen LogP contribution in [0, 0.1) is 15.9 Å². The minimum atomic E-state index is -0.682. The van der Waals surface area contributed by atoms with E-state index in [4.69, 9.17) is 0 Å². The Balaban J connectivity index is 1.59. The normalized spacial score (nSPS) is 16.6. The van der Waals surface area contributed by atoms with Gasteiger partial charge in [-0.25, -0.2) is 4.39 Å². The molecule has 25 heavy (non-hydrogen) atoms. The van der Waals surface area contributed by atoms with Gasteiger partial charge in [0, 0.05) is 38.8 Å². The molecule has 0 bridgehead atoms. The van der Waals surface area contributed by atoms with E-state index in [9.17, 15) is 19.6 Å². The van der Waals surface area contributed by atoms with E-state index in [1.165, 1.54) is 18.2 Å². The summed E-state index contributed by atoms with van der Waals surface area (Å²) in [6, 6.07) is 12.6. The highest BCUT2D eigenvalue weighted by Gasteiger charge is 2.24. The maximum absolute atomic E-state index is 13.0. The zero-order chi connectivity index (χ0) is 17.8. The molecule has 1 saturated heterocycles. The largest absolute Gasteiger partial charge is 0.387 e. The molecule has 0 aromatic heterocycles. The van der Waals surface area contributed by atoms with E-state index >= 15 is 0 Å². The Kier molecular flexibility index (Phi) is 5.25. The van der Waals surface area contributed by atoms with E-state index in [0.717, 1.165) is 0 Å². The predicted octanol–water partition coefficient (Wildman–Crippen LogP) is 2.59. The van der Waals surface area contributed by atoms with E-state index in [0.29, 0.717) is 44.0 Å². The van der Waals surface area contributed by atoms with Gasteiger partial charge in [0.2, 0.25) is 0 Å². The predicted molar refractivity (Wildman–Crippen MR) is 93.1 cm³/mol. The fourth-order valence-corrected chi connectivity index (χ4v) is 3.09. The second kappa shape index (κ2) is 7.58. The number of hydrogen-bond acceptors (Lipinski definition) is 5. The van der Waals surface area contributed by atoms with Crippen molar-refractivity contribution in [3.63, 3.8) is 0 Å². The van der Waals surface area contributed by atoms with Gasteiger partial charge in [0.1, 0.15) is 11.5 Å². The number of aliphatic hydroxyl groups excluding tert-OH is 1. The number of aliphatic hydroxyl groups is 1. The second-order valence-electron chi connectivity index (χ2n) is 6.10. The summed E-state index contributed by atoms with van der Waals surface area (Å²) in [5.41, 5.74) is 1.43. The Hall–Kier alpha value is -2.51. The van der Waals surface area contributed by atoms with Crippen molar-refractivity contribution in [3.05, 3.63) is 70.0 Å². The van der Waals surface area contributed by atoms with Crippen molar-refractivity contribution in [2.24, 2.45) is 0 Å². The van der Waals surface area contributed by atoms with Crippen molar-refractivity contribution in [1.82, 2.24) is 4.90 Å². The lowest BCUT2D eigenvalue weighted by Gasteiger charge is -2.36. The zero-order valence-electron chi connectivity index (χ0n) is 13.7. The molecule has 0 aliphatic carbocycles. The average molecular weight is 345 g/mol. The minimum Gasteiger partial charge on any atom is -0.387 e. The molecule has 3 rings (SSSR count). The molecule has 1 aliphatic heterocycles. The smallest absolute Gasteiger partial charge is 0.292 e. The third-order valence-corrected chi connectivity index (χ3v) is 4.48. The van der Waals surface area contributed by atoms with E-state index in [1.54, 1.807) is 30.3 Å². The van der Waals surface area contributed by atoms with E-state index in [1.807, 2.05) is 4.90 Å². The van der Waals surface area contributed by atoms with Crippen LogP contribution in [-0.4, -0.2) is 47.7 Å². The molecule has 2 aromatic rings. The van der Waals surface area contributed by atoms with E-state index in [-0.39, 0.29) is 16.4 Å². The number of halogens is 1. The first kappa shape index (κ1) is 17.3. The van der Waals surface area contributed by atoms with Crippen LogP contribution in [0.4, 0.5) is 15.8 Å². The van der Waals surface area contributed by atoms with Gasteiger partial charge in [0.15, 0.2) is 0 Å². The van der Waals surface area contributed by atoms with Crippen LogP contribution < -0.4 is 4.90 Å². The van der Waals surface area contributed by atoms with Gasteiger partial charge in [-0.15, -0.1) is 0 Å². The lowest BCUT2D eigenvalue weighted by molar-refractivity contribution is -0.384. The van der Waals surface area contributed by atoms with Crippen LogP contribution in [0.1, 0.15) is 11.7 Å². The Morgan fingerprint density at radius 1 is 1.08 bits per heavy atom. The minimum absolute atomic E-state index is 0.113. The molecule has 0 radical (unpaired) electrons. The van der Waals surface area contributed by atoms with E-state index in [2.05, 4.69) is 4.90 Å². The van der Waals surface area contributed by atoms with Crippen molar-refractivity contribution in [1.29, 1.82) is 0 Å². The summed E-state index contributed by atoms with van der Waals surface area (Å²) in [7, 11) is 0. The number of para-hydroxylation sites is 2. The number of β-amino-alcohol motifs (C(OH)–C–C–N with tert-alkyl or cyclic N) is 1. The SMILES string of the molecule is O=[N+]([O-])c1ccccc1N1CCN(C[C@@H](O)c2ccc(F)cc2)CC1. The molecule has 0 saturated carbocycles. The monoisotopic (exact) mass is 345 g/mol. The molecule has 0 spiro atoms. The van der Waals surface area contributed by atoms with Gasteiger partial charge in [-0.2, -0.15) is 0 Å². The second-order valence-corrected chi connectivity index (χ2v) is 6.10. The number of piperazine rings is 1. The van der Waals surface area contributed by atoms with Crippen molar-refractivity contribution in [2.75, 3.05) is 37.6 Å². The van der Waals surface area contributed by atoms with Crippen LogP contribution in [-0.2, 0) is 0 Å². The van der Waals surface area contributed by atoms with Gasteiger partial charge in [-0.1, -0.05) is 24.3 Å². The number of hydrogen-bond donors (Lipinski definition) is 1. The molecular formula is C18H20FN3O3. The van der Waals surface area contributed by atoms with Crippen LogP contribution in [0.5, 0.6) is 0 Å². The van der Waals surface area contributed by atoms with Crippen LogP contribution in [0.15, 0.2) is 48.5 Å². The van der Waals surface area contributed by atoms with Crippen molar-refractivity contribution in [3.8, 4) is 0 Å². The van der Waals surface area contributed by atoms with Gasteiger partial charge in [-0.05, 0) is 23.8 Å². The third-order valence-electron chi connectivity index (χ3n) is 4.48. The third kappa shape index (κ3) is 4.12. The number of rotatable bonds is 5. The Bertz CT molecular complexity index is 731. The summed E-state index contributed by atoms with van der Waals surface area (Å²) in [5.74, 6) is -0.325. The summed E-state index contributed by atoms with van der Waals surface area (Å²) >= 11 is 0. The van der Waals surface area contributed by atoms with Gasteiger partial charge in [0.05, 0.1) is 11.0 Å². The van der Waals surface area contributed by atoms with Gasteiger partial charge < -0.3 is 10.0 Å². The fourth-order valence-electron chi connectivity index (χ4n) is 3.09. The zero-order valence-corrected chi connectivity index (χ0v) is 13.7. The highest BCUT2D eigenvalue weighted by Crippen LogP contribution is 2.28. The number of nitro benzene ring substituents is 1. The van der Waals surface area contributed by atoms with Crippen molar-refractivity contribution < 1.29 is 14.4 Å². The number of anilines is 1. The lowest BCUT2D eigenvalue weighted by Crippen LogP contribution is -2.47. The maximum Gasteiger partial charge on any atom is 0.292 e. The Morgan fingerprint density at radius 3 is 2.36 bits per heavy atom. The molecule has 2 aromatic carbocycles. The Morgan fingerprint density at radius 2 is 1.72 bits per heavy atom. The van der Waals surface area contributed by atoms with Crippen molar-refractivity contribution >= 4 is 11.4 Å². The fraction of sp³-hybridized carbons (Fsp3) is 0.333. The molecule has 1 N–H and O–H groups in total. The first-order valence-electron chi connectivity index (χ1n) is 8.19. The molecule has 0 unspecified atom stereocenters. The van der Waals surface area contributed by atoms with E-state index < -0.39 is 6.10 Å². The summed E-state index contributed by atoms with van der Waals surface area (Å²) in [6.45, 7) is 3.16. The quantitative estimate of drug-likeness (QED) is 0.666. The molecule has 132 valence electrons. The summed E-state index contributed by atoms with van der Waals surface area (Å²) in [5, 5.41) is 21.5. The van der Waals surface area contributed by atoms with Gasteiger partial charge in [0.25, 0.3) is 5.69 Å². The van der Waals surface area contributed by atoms with Crippen LogP contribution in [0.25, 0.3) is 0 Å². The van der Waals surface area contributed by atoms with Crippen LogP contribution in [0.3, 0.4) is 0 Å². The number of benzene rings is 2. The molecule has 1 aliphatic rings. The molecule has 7 heteroatoms. The molecule has 6 nitrogen and oxygen atoms in total. The van der Waals surface area contributed by atoms with Gasteiger partial charge >= 0.3 is 0 Å². The summed E-state index contributed by atoms with van der Waals surface area (Å²) in [6.07, 6.45) is -0.682. The first-order valence-corrected chi connectivity index (χ1v) is 8.19. The lowest BCUT2D eigenvalue weighted by atomic mass is 10.1. The van der Waals surface area contributed by atoms with Crippen LogP contribution in [0.2, 0.25) is 0 Å². The summed E-state index contributed by atoms with van der Waals surface area (Å²) < 4.78 is 13.0. The molecule has 1 atom stereocenters. The van der Waals surface area contributed by atoms with Gasteiger partial charge in [-0.3, -0.25) is 15.0 Å². The Labute approximate surface area is 145 Å². The average Bonchev–Trinajstić information content (AvgIpc) is 2.63. The molecule has 1 fully saturated rings. The highest BCUT2D eigenvalue weighted by molar-refractivity contribution is 5.63. The maximum atomic E-state index is 13.0.